The lowest BCUT2D eigenvalue weighted by atomic mass is 9.54. The molecule has 0 amide bonds. The van der Waals surface area contributed by atoms with Crippen molar-refractivity contribution in [1.82, 2.24) is 0 Å². The van der Waals surface area contributed by atoms with Crippen molar-refractivity contribution in [1.29, 1.82) is 0 Å². The quantitative estimate of drug-likeness (QED) is 0.415. The second-order valence-electron chi connectivity index (χ2n) is 8.77. The zero-order valence-corrected chi connectivity index (χ0v) is 17.6. The Bertz CT molecular complexity index is 924. The van der Waals surface area contributed by atoms with E-state index in [-0.39, 0.29) is 28.2 Å². The first-order valence-corrected chi connectivity index (χ1v) is 11.0. The summed E-state index contributed by atoms with van der Waals surface area (Å²) in [4.78, 5) is 0. The van der Waals surface area contributed by atoms with Crippen LogP contribution < -0.4 is 0 Å². The fourth-order valence-corrected chi connectivity index (χ4v) is 8.90. The van der Waals surface area contributed by atoms with Crippen molar-refractivity contribution >= 4 is 8.38 Å². The molecule has 6 unspecified atom stereocenters. The van der Waals surface area contributed by atoms with Gasteiger partial charge in [0.25, 0.3) is 0 Å². The topological polar surface area (TPSA) is 18.5 Å². The summed E-state index contributed by atoms with van der Waals surface area (Å²) in [5, 5.41) is 0. The maximum Gasteiger partial charge on any atom is 0.180 e. The predicted octanol–water partition coefficient (Wildman–Crippen LogP) is 6.96. The largest absolute Gasteiger partial charge is 0.324 e. The van der Waals surface area contributed by atoms with Crippen LogP contribution in [-0.2, 0) is 9.05 Å². The van der Waals surface area contributed by atoms with Crippen molar-refractivity contribution in [3.05, 3.63) is 82.9 Å². The lowest BCUT2D eigenvalue weighted by molar-refractivity contribution is -0.0591. The zero-order chi connectivity index (χ0) is 19.0. The summed E-state index contributed by atoms with van der Waals surface area (Å²) in [5.41, 5.74) is 5.22. The third-order valence-electron chi connectivity index (χ3n) is 8.11. The molecule has 2 saturated heterocycles. The van der Waals surface area contributed by atoms with Gasteiger partial charge in [-0.15, -0.1) is 0 Å². The van der Waals surface area contributed by atoms with Crippen LogP contribution in [0.1, 0.15) is 57.5 Å². The van der Waals surface area contributed by atoms with E-state index in [1.165, 1.54) is 22.3 Å². The number of rotatable bonds is 2. The fraction of sp³-hybridized carbons (Fsp3) is 0.417. The van der Waals surface area contributed by atoms with Crippen LogP contribution in [0.15, 0.2) is 71.8 Å². The zero-order valence-electron chi connectivity index (χ0n) is 16.7. The molecule has 2 fully saturated rings. The monoisotopic (exact) mass is 378 g/mol. The van der Waals surface area contributed by atoms with Crippen molar-refractivity contribution in [2.75, 3.05) is 0 Å². The summed E-state index contributed by atoms with van der Waals surface area (Å²) in [6, 6.07) is 21.6. The fourth-order valence-electron chi connectivity index (χ4n) is 6.05. The third-order valence-corrected chi connectivity index (χ3v) is 10.3. The van der Waals surface area contributed by atoms with Crippen molar-refractivity contribution in [2.24, 2.45) is 10.8 Å². The molecule has 140 valence electrons. The molecule has 0 aromatic heterocycles. The Hall–Kier alpha value is -1.47. The summed E-state index contributed by atoms with van der Waals surface area (Å²) in [6.07, 6.45) is 0.0223. The van der Waals surface area contributed by atoms with Gasteiger partial charge in [0.15, 0.2) is 8.38 Å². The highest BCUT2D eigenvalue weighted by Gasteiger charge is 2.78. The van der Waals surface area contributed by atoms with Gasteiger partial charge in [-0.05, 0) is 37.5 Å². The summed E-state index contributed by atoms with van der Waals surface area (Å²) in [7, 11) is -1.02. The predicted molar refractivity (Wildman–Crippen MR) is 110 cm³/mol. The third kappa shape index (κ3) is 1.87. The Kier molecular flexibility index (Phi) is 3.61. The lowest BCUT2D eigenvalue weighted by Gasteiger charge is -2.54. The van der Waals surface area contributed by atoms with Crippen LogP contribution in [0, 0.1) is 10.8 Å². The van der Waals surface area contributed by atoms with E-state index in [1.807, 2.05) is 0 Å². The van der Waals surface area contributed by atoms with Gasteiger partial charge in [0.05, 0.1) is 11.8 Å². The van der Waals surface area contributed by atoms with Gasteiger partial charge in [-0.1, -0.05) is 80.1 Å². The summed E-state index contributed by atoms with van der Waals surface area (Å²) in [6.45, 7) is 11.7. The maximum atomic E-state index is 6.82. The minimum Gasteiger partial charge on any atom is -0.324 e. The molecule has 5 rings (SSSR count). The summed E-state index contributed by atoms with van der Waals surface area (Å²) >= 11 is 0. The van der Waals surface area contributed by atoms with E-state index >= 15 is 0 Å². The van der Waals surface area contributed by atoms with Gasteiger partial charge in [0.1, 0.15) is 5.60 Å². The molecule has 2 aromatic carbocycles. The van der Waals surface area contributed by atoms with Crippen LogP contribution in [0.25, 0.3) is 0 Å². The van der Waals surface area contributed by atoms with E-state index in [2.05, 4.69) is 95.3 Å². The van der Waals surface area contributed by atoms with E-state index in [0.29, 0.717) is 0 Å². The highest BCUT2D eigenvalue weighted by molar-refractivity contribution is 7.48. The van der Waals surface area contributed by atoms with Gasteiger partial charge >= 0.3 is 0 Å². The Labute approximate surface area is 163 Å². The van der Waals surface area contributed by atoms with E-state index in [1.54, 1.807) is 0 Å². The molecule has 0 spiro atoms. The molecule has 2 aromatic rings. The molecule has 3 heteroatoms. The summed E-state index contributed by atoms with van der Waals surface area (Å²) < 4.78 is 13.6. The Balaban J connectivity index is 1.77. The normalized spacial score (nSPS) is 42.6. The highest BCUT2D eigenvalue weighted by atomic mass is 31.2. The van der Waals surface area contributed by atoms with Crippen LogP contribution >= 0.6 is 8.38 Å². The molecule has 0 N–H and O–H groups in total. The molecule has 6 atom stereocenters. The number of hydrogen-bond acceptors (Lipinski definition) is 2. The van der Waals surface area contributed by atoms with Crippen molar-refractivity contribution in [3.8, 4) is 0 Å². The smallest absolute Gasteiger partial charge is 0.180 e. The first kappa shape index (κ1) is 17.6. The van der Waals surface area contributed by atoms with E-state index < -0.39 is 8.38 Å². The van der Waals surface area contributed by atoms with Gasteiger partial charge in [-0.2, -0.15) is 0 Å². The first-order chi connectivity index (χ1) is 12.9. The molecular formula is C24H27O2P. The Morgan fingerprint density at radius 2 is 1.33 bits per heavy atom. The van der Waals surface area contributed by atoms with Crippen LogP contribution in [0.5, 0.6) is 0 Å². The Morgan fingerprint density at radius 1 is 0.778 bits per heavy atom. The minimum atomic E-state index is -1.02. The first-order valence-electron chi connectivity index (χ1n) is 9.79. The molecule has 2 aliphatic heterocycles. The standard InChI is InChI=1S/C24H27O2P/c1-16-17(2)24(5)23(4)21(19-14-10-7-11-15-19)27(26-24)25-20(22(16,23)3)18-12-8-6-9-13-18/h6-15,20-21H,1-5H3. The SMILES string of the molecule is CC1=C(C)C2(C)C(c3ccccc3)OP3OC1(C)C2(C)C3c1ccccc1. The molecular weight excluding hydrogens is 351 g/mol. The molecule has 2 heterocycles. The molecule has 2 bridgehead atoms. The molecule has 3 aliphatic rings. The van der Waals surface area contributed by atoms with E-state index in [0.717, 1.165) is 0 Å². The number of benzene rings is 2. The van der Waals surface area contributed by atoms with Crippen LogP contribution in [0.2, 0.25) is 0 Å². The molecule has 27 heavy (non-hydrogen) atoms. The molecule has 0 saturated carbocycles. The summed E-state index contributed by atoms with van der Waals surface area (Å²) in [5.74, 6) is 0. The van der Waals surface area contributed by atoms with Gasteiger partial charge < -0.3 is 9.05 Å². The lowest BCUT2D eigenvalue weighted by Crippen LogP contribution is -2.52. The van der Waals surface area contributed by atoms with Gasteiger partial charge in [0, 0.05) is 10.8 Å². The van der Waals surface area contributed by atoms with Crippen molar-refractivity contribution in [2.45, 2.75) is 52.0 Å². The maximum absolute atomic E-state index is 6.82. The van der Waals surface area contributed by atoms with E-state index in [4.69, 9.17) is 9.05 Å². The van der Waals surface area contributed by atoms with Crippen LogP contribution in [0.3, 0.4) is 0 Å². The van der Waals surface area contributed by atoms with Crippen molar-refractivity contribution in [3.63, 3.8) is 0 Å². The van der Waals surface area contributed by atoms with Gasteiger partial charge in [0.2, 0.25) is 0 Å². The number of fused-ring (bicyclic) bond motifs is 1. The second kappa shape index (κ2) is 5.54. The molecule has 2 nitrogen and oxygen atoms in total. The van der Waals surface area contributed by atoms with Crippen LogP contribution in [-0.4, -0.2) is 5.60 Å². The van der Waals surface area contributed by atoms with Crippen LogP contribution in [0.4, 0.5) is 0 Å². The molecule has 0 radical (unpaired) electrons. The average molecular weight is 378 g/mol. The Morgan fingerprint density at radius 3 is 1.93 bits per heavy atom. The van der Waals surface area contributed by atoms with Crippen molar-refractivity contribution < 1.29 is 9.05 Å². The minimum absolute atomic E-state index is 0.0223. The van der Waals surface area contributed by atoms with Gasteiger partial charge in [-0.3, -0.25) is 0 Å². The van der Waals surface area contributed by atoms with Gasteiger partial charge in [-0.25, -0.2) is 0 Å². The average Bonchev–Trinajstić information content (AvgIpc) is 2.95. The molecule has 1 aliphatic carbocycles. The second-order valence-corrected chi connectivity index (χ2v) is 10.3. The highest BCUT2D eigenvalue weighted by Crippen LogP contribution is 2.88. The number of hydrogen-bond donors (Lipinski definition) is 0. The van der Waals surface area contributed by atoms with E-state index in [9.17, 15) is 0 Å².